The Morgan fingerprint density at radius 3 is 2.16 bits per heavy atom. The number of nitrogens with one attached hydrogen (secondary N) is 3. The Morgan fingerprint density at radius 1 is 0.839 bits per heavy atom. The van der Waals surface area contributed by atoms with Crippen molar-refractivity contribution in [2.45, 2.75) is 6.54 Å². The van der Waals surface area contributed by atoms with E-state index < -0.39 is 11.8 Å². The van der Waals surface area contributed by atoms with Crippen LogP contribution < -0.4 is 20.9 Å². The predicted molar refractivity (Wildman–Crippen MR) is 117 cm³/mol. The van der Waals surface area contributed by atoms with E-state index in [2.05, 4.69) is 16.0 Å². The van der Waals surface area contributed by atoms with Crippen LogP contribution in [0.2, 0.25) is 0 Å². The van der Waals surface area contributed by atoms with Crippen LogP contribution >= 0.6 is 0 Å². The van der Waals surface area contributed by atoms with Crippen molar-refractivity contribution in [1.29, 1.82) is 0 Å². The van der Waals surface area contributed by atoms with Gasteiger partial charge in [-0.1, -0.05) is 18.2 Å². The number of carbonyl (C=O) groups excluding carboxylic acids is 2. The van der Waals surface area contributed by atoms with Crippen LogP contribution in [-0.2, 0) is 6.54 Å². The Kier molecular flexibility index (Phi) is 6.81. The minimum atomic E-state index is -0.569. The molecule has 0 atom stereocenters. The SMILES string of the molecule is CN(C)c1ccc(NC(=O)Nc2cccc(F)c2)cc1C(=O)NCc1ccc(F)cc1. The molecule has 0 spiro atoms. The molecule has 0 saturated carbocycles. The lowest BCUT2D eigenvalue weighted by molar-refractivity contribution is 0.0951. The summed E-state index contributed by atoms with van der Waals surface area (Å²) in [5, 5.41) is 7.97. The number of anilines is 3. The van der Waals surface area contributed by atoms with Gasteiger partial charge in [-0.15, -0.1) is 0 Å². The number of rotatable bonds is 6. The highest BCUT2D eigenvalue weighted by atomic mass is 19.1. The fourth-order valence-corrected chi connectivity index (χ4v) is 2.93. The Balaban J connectivity index is 1.72. The van der Waals surface area contributed by atoms with Crippen molar-refractivity contribution < 1.29 is 18.4 Å². The second-order valence-corrected chi connectivity index (χ2v) is 7.02. The quantitative estimate of drug-likeness (QED) is 0.541. The van der Waals surface area contributed by atoms with Gasteiger partial charge in [-0.2, -0.15) is 0 Å². The summed E-state index contributed by atoms with van der Waals surface area (Å²) in [6, 6.07) is 15.7. The molecule has 0 heterocycles. The van der Waals surface area contributed by atoms with Gasteiger partial charge in [0.1, 0.15) is 11.6 Å². The van der Waals surface area contributed by atoms with Crippen LogP contribution in [0.25, 0.3) is 0 Å². The summed E-state index contributed by atoms with van der Waals surface area (Å²) in [7, 11) is 3.60. The highest BCUT2D eigenvalue weighted by Crippen LogP contribution is 2.23. The first kappa shape index (κ1) is 21.8. The standard InChI is InChI=1S/C23H22F2N4O2/c1-29(2)21-11-10-19(28-23(31)27-18-5-3-4-17(25)12-18)13-20(21)22(30)26-14-15-6-8-16(24)9-7-15/h3-13H,14H2,1-2H3,(H,26,30)(H2,27,28,31). The molecule has 0 bridgehead atoms. The summed E-state index contributed by atoms with van der Waals surface area (Å²) >= 11 is 0. The highest BCUT2D eigenvalue weighted by molar-refractivity contribution is 6.03. The van der Waals surface area contributed by atoms with E-state index in [-0.39, 0.29) is 18.3 Å². The molecule has 3 rings (SSSR count). The van der Waals surface area contributed by atoms with Crippen molar-refractivity contribution in [3.63, 3.8) is 0 Å². The van der Waals surface area contributed by atoms with E-state index >= 15 is 0 Å². The average molecular weight is 424 g/mol. The molecule has 3 amide bonds. The lowest BCUT2D eigenvalue weighted by Gasteiger charge is -2.18. The number of urea groups is 1. The number of hydrogen-bond donors (Lipinski definition) is 3. The first-order chi connectivity index (χ1) is 14.8. The van der Waals surface area contributed by atoms with Crippen molar-refractivity contribution in [3.8, 4) is 0 Å². The maximum absolute atomic E-state index is 13.3. The average Bonchev–Trinajstić information content (AvgIpc) is 2.72. The fourth-order valence-electron chi connectivity index (χ4n) is 2.93. The van der Waals surface area contributed by atoms with E-state index in [0.29, 0.717) is 22.6 Å². The summed E-state index contributed by atoms with van der Waals surface area (Å²) in [6.45, 7) is 0.226. The second kappa shape index (κ2) is 9.71. The van der Waals surface area contributed by atoms with Crippen molar-refractivity contribution in [3.05, 3.63) is 89.5 Å². The number of benzene rings is 3. The zero-order valence-corrected chi connectivity index (χ0v) is 17.1. The lowest BCUT2D eigenvalue weighted by atomic mass is 10.1. The van der Waals surface area contributed by atoms with Crippen molar-refractivity contribution in [2.24, 2.45) is 0 Å². The Morgan fingerprint density at radius 2 is 1.52 bits per heavy atom. The summed E-state index contributed by atoms with van der Waals surface area (Å²) in [5.41, 5.74) is 2.47. The molecule has 0 aliphatic heterocycles. The third kappa shape index (κ3) is 6.02. The maximum atomic E-state index is 13.3. The number of halogens is 2. The molecule has 0 saturated heterocycles. The van der Waals surface area contributed by atoms with Gasteiger partial charge in [0.05, 0.1) is 5.56 Å². The normalized spacial score (nSPS) is 10.3. The first-order valence-corrected chi connectivity index (χ1v) is 9.49. The summed E-state index contributed by atoms with van der Waals surface area (Å²) in [6.07, 6.45) is 0. The first-order valence-electron chi connectivity index (χ1n) is 9.49. The molecule has 8 heteroatoms. The number of carbonyl (C=O) groups is 2. The van der Waals surface area contributed by atoms with Crippen molar-refractivity contribution in [2.75, 3.05) is 29.6 Å². The van der Waals surface area contributed by atoms with E-state index in [1.54, 1.807) is 55.4 Å². The van der Waals surface area contributed by atoms with Crippen LogP contribution in [0.3, 0.4) is 0 Å². The van der Waals surface area contributed by atoms with Gasteiger partial charge in [-0.05, 0) is 54.1 Å². The molecular weight excluding hydrogens is 402 g/mol. The Labute approximate surface area is 178 Å². The van der Waals surface area contributed by atoms with Gasteiger partial charge < -0.3 is 20.9 Å². The largest absolute Gasteiger partial charge is 0.377 e. The van der Waals surface area contributed by atoms with E-state index in [9.17, 15) is 18.4 Å². The highest BCUT2D eigenvalue weighted by Gasteiger charge is 2.15. The summed E-state index contributed by atoms with van der Waals surface area (Å²) in [4.78, 5) is 26.8. The van der Waals surface area contributed by atoms with Gasteiger partial charge in [-0.25, -0.2) is 13.6 Å². The van der Waals surface area contributed by atoms with Crippen LogP contribution in [-0.4, -0.2) is 26.0 Å². The molecule has 3 aromatic rings. The molecule has 6 nitrogen and oxygen atoms in total. The number of hydrogen-bond acceptors (Lipinski definition) is 3. The van der Waals surface area contributed by atoms with Gasteiger partial charge in [0, 0.05) is 37.7 Å². The van der Waals surface area contributed by atoms with Crippen LogP contribution in [0.4, 0.5) is 30.6 Å². The van der Waals surface area contributed by atoms with E-state index in [4.69, 9.17) is 0 Å². The van der Waals surface area contributed by atoms with Crippen LogP contribution in [0, 0.1) is 11.6 Å². The maximum Gasteiger partial charge on any atom is 0.323 e. The Hall–Kier alpha value is -3.94. The second-order valence-electron chi connectivity index (χ2n) is 7.02. The molecule has 0 aliphatic carbocycles. The molecule has 3 N–H and O–H groups in total. The van der Waals surface area contributed by atoms with Gasteiger partial charge in [0.15, 0.2) is 0 Å². The zero-order valence-electron chi connectivity index (χ0n) is 17.1. The zero-order chi connectivity index (χ0) is 22.4. The summed E-state index contributed by atoms with van der Waals surface area (Å²) in [5.74, 6) is -1.16. The topological polar surface area (TPSA) is 73.5 Å². The molecule has 0 radical (unpaired) electrons. The van der Waals surface area contributed by atoms with Crippen molar-refractivity contribution in [1.82, 2.24) is 5.32 Å². The van der Waals surface area contributed by atoms with E-state index in [0.717, 1.165) is 5.56 Å². The Bertz CT molecular complexity index is 1090. The third-order valence-electron chi connectivity index (χ3n) is 4.43. The van der Waals surface area contributed by atoms with Gasteiger partial charge in [0.25, 0.3) is 5.91 Å². The molecule has 0 aromatic heterocycles. The van der Waals surface area contributed by atoms with Crippen molar-refractivity contribution >= 4 is 29.0 Å². The summed E-state index contributed by atoms with van der Waals surface area (Å²) < 4.78 is 26.3. The third-order valence-corrected chi connectivity index (χ3v) is 4.43. The smallest absolute Gasteiger partial charge is 0.323 e. The van der Waals surface area contributed by atoms with E-state index in [1.807, 2.05) is 0 Å². The predicted octanol–water partition coefficient (Wildman–Crippen LogP) is 4.60. The van der Waals surface area contributed by atoms with Crippen LogP contribution in [0.5, 0.6) is 0 Å². The molecular formula is C23H22F2N4O2. The van der Waals surface area contributed by atoms with Crippen LogP contribution in [0.1, 0.15) is 15.9 Å². The lowest BCUT2D eigenvalue weighted by Crippen LogP contribution is -2.26. The van der Waals surface area contributed by atoms with Gasteiger partial charge in [0.2, 0.25) is 0 Å². The number of nitrogens with zero attached hydrogens (tertiary/aromatic N) is 1. The molecule has 0 aliphatic rings. The fraction of sp³-hybridized carbons (Fsp3) is 0.130. The van der Waals surface area contributed by atoms with E-state index in [1.165, 1.54) is 30.3 Å². The van der Waals surface area contributed by atoms with Gasteiger partial charge >= 0.3 is 6.03 Å². The van der Waals surface area contributed by atoms with Gasteiger partial charge in [-0.3, -0.25) is 4.79 Å². The molecule has 0 unspecified atom stereocenters. The minimum Gasteiger partial charge on any atom is -0.377 e. The molecule has 31 heavy (non-hydrogen) atoms. The molecule has 0 fully saturated rings. The minimum absolute atomic E-state index is 0.226. The van der Waals surface area contributed by atoms with Crippen LogP contribution in [0.15, 0.2) is 66.7 Å². The molecule has 3 aromatic carbocycles. The number of amides is 3. The molecule has 160 valence electrons. The monoisotopic (exact) mass is 424 g/mol.